The van der Waals surface area contributed by atoms with E-state index in [9.17, 15) is 27.9 Å². The number of carboxylic acid groups (broad SMARTS) is 1. The number of rotatable bonds is 7. The third kappa shape index (κ3) is 5.24. The number of carbonyl (C=O) groups is 2. The third-order valence-electron chi connectivity index (χ3n) is 5.99. The zero-order valence-corrected chi connectivity index (χ0v) is 18.7. The number of ether oxygens (including phenoxy) is 2. The monoisotopic (exact) mass is 485 g/mol. The lowest BCUT2D eigenvalue weighted by molar-refractivity contribution is -0.274. The Morgan fingerprint density at radius 3 is 2.06 bits per heavy atom. The van der Waals surface area contributed by atoms with Crippen LogP contribution >= 0.6 is 0 Å². The van der Waals surface area contributed by atoms with Crippen LogP contribution in [0.3, 0.4) is 0 Å². The summed E-state index contributed by atoms with van der Waals surface area (Å²) in [4.78, 5) is 25.6. The molecule has 0 heterocycles. The molecule has 1 aliphatic carbocycles. The number of aliphatic carboxylic acids is 1. The molecule has 0 saturated carbocycles. The lowest BCUT2D eigenvalue weighted by atomic mass is 9.98. The minimum absolute atomic E-state index is 0.00415. The smallest absolute Gasteiger partial charge is 0.480 e. The van der Waals surface area contributed by atoms with E-state index in [2.05, 4.69) is 4.74 Å². The largest absolute Gasteiger partial charge is 0.573 e. The fraction of sp³-hybridized carbons (Fsp3) is 0.231. The maximum atomic E-state index is 12.8. The zero-order chi connectivity index (χ0) is 25.2. The summed E-state index contributed by atoms with van der Waals surface area (Å²) >= 11 is 0. The molecule has 0 fully saturated rings. The number of halogens is 3. The second-order valence-electron chi connectivity index (χ2n) is 8.13. The van der Waals surface area contributed by atoms with Gasteiger partial charge in [-0.15, -0.1) is 13.2 Å². The molecule has 1 aliphatic rings. The maximum Gasteiger partial charge on any atom is 0.573 e. The van der Waals surface area contributed by atoms with E-state index in [1.54, 1.807) is 0 Å². The van der Waals surface area contributed by atoms with E-state index in [4.69, 9.17) is 4.74 Å². The van der Waals surface area contributed by atoms with Gasteiger partial charge in [0.25, 0.3) is 0 Å². The van der Waals surface area contributed by atoms with Crippen LogP contribution in [0.5, 0.6) is 5.75 Å². The first-order valence-electron chi connectivity index (χ1n) is 10.8. The van der Waals surface area contributed by atoms with E-state index in [0.717, 1.165) is 33.2 Å². The first-order valence-corrected chi connectivity index (χ1v) is 10.8. The molecule has 1 amide bonds. The van der Waals surface area contributed by atoms with E-state index in [0.29, 0.717) is 0 Å². The topological polar surface area (TPSA) is 76.1 Å². The molecular weight excluding hydrogens is 463 g/mol. The molecule has 0 aliphatic heterocycles. The minimum Gasteiger partial charge on any atom is -0.480 e. The molecule has 1 atom stereocenters. The molecule has 9 heteroatoms. The van der Waals surface area contributed by atoms with Gasteiger partial charge in [-0.1, -0.05) is 66.7 Å². The number of carbonyl (C=O) groups excluding carboxylic acids is 1. The predicted octanol–water partition coefficient (Wildman–Crippen LogP) is 5.46. The fourth-order valence-corrected chi connectivity index (χ4v) is 4.32. The Labute approximate surface area is 199 Å². The molecule has 6 nitrogen and oxygen atoms in total. The fourth-order valence-electron chi connectivity index (χ4n) is 4.32. The molecule has 0 saturated heterocycles. The first kappa shape index (κ1) is 24.1. The number of para-hydroxylation sites is 1. The van der Waals surface area contributed by atoms with Crippen LogP contribution < -0.4 is 4.74 Å². The van der Waals surface area contributed by atoms with Gasteiger partial charge >= 0.3 is 18.4 Å². The number of hydrogen-bond donors (Lipinski definition) is 1. The van der Waals surface area contributed by atoms with E-state index >= 15 is 0 Å². The average molecular weight is 485 g/mol. The molecule has 35 heavy (non-hydrogen) atoms. The van der Waals surface area contributed by atoms with E-state index in [-0.39, 0.29) is 18.1 Å². The van der Waals surface area contributed by atoms with Gasteiger partial charge in [-0.2, -0.15) is 0 Å². The van der Waals surface area contributed by atoms with Gasteiger partial charge < -0.3 is 14.6 Å². The highest BCUT2D eigenvalue weighted by molar-refractivity contribution is 5.81. The van der Waals surface area contributed by atoms with Gasteiger partial charge in [0.2, 0.25) is 0 Å². The van der Waals surface area contributed by atoms with Crippen LogP contribution in [0.4, 0.5) is 18.0 Å². The molecular formula is C26H22F3NO5. The number of hydrogen-bond acceptors (Lipinski definition) is 4. The van der Waals surface area contributed by atoms with Crippen molar-refractivity contribution < 1.29 is 37.3 Å². The molecule has 3 aromatic rings. The van der Waals surface area contributed by atoms with Crippen LogP contribution in [-0.2, 0) is 16.0 Å². The molecule has 3 aromatic carbocycles. The zero-order valence-electron chi connectivity index (χ0n) is 18.7. The SMILES string of the molecule is CN(C(=O)OCC1c2ccccc2-c2ccccc21)[C@@H](Cc1ccccc1OC(F)(F)F)C(=O)O. The Hall–Kier alpha value is -4.01. The molecule has 0 bridgehead atoms. The number of likely N-dealkylation sites (N-methyl/N-ethyl adjacent to an activating group) is 1. The highest BCUT2D eigenvalue weighted by Gasteiger charge is 2.35. The molecule has 0 aromatic heterocycles. The lowest BCUT2D eigenvalue weighted by Crippen LogP contribution is -2.44. The summed E-state index contributed by atoms with van der Waals surface area (Å²) in [5, 5.41) is 9.70. The van der Waals surface area contributed by atoms with Crippen LogP contribution in [0.2, 0.25) is 0 Å². The number of nitrogens with zero attached hydrogens (tertiary/aromatic N) is 1. The number of alkyl halides is 3. The van der Waals surface area contributed by atoms with Gasteiger partial charge in [-0.3, -0.25) is 4.90 Å². The maximum absolute atomic E-state index is 12.8. The van der Waals surface area contributed by atoms with Gasteiger partial charge in [-0.05, 0) is 33.9 Å². The van der Waals surface area contributed by atoms with Crippen LogP contribution in [0.15, 0.2) is 72.8 Å². The van der Waals surface area contributed by atoms with Crippen molar-refractivity contribution in [3.63, 3.8) is 0 Å². The summed E-state index contributed by atoms with van der Waals surface area (Å²) < 4.78 is 47.7. The van der Waals surface area contributed by atoms with Crippen molar-refractivity contribution in [1.29, 1.82) is 0 Å². The Morgan fingerprint density at radius 2 is 1.49 bits per heavy atom. The second kappa shape index (κ2) is 9.69. The molecule has 1 N–H and O–H groups in total. The van der Waals surface area contributed by atoms with Gasteiger partial charge in [0.1, 0.15) is 18.4 Å². The Bertz CT molecular complexity index is 1200. The van der Waals surface area contributed by atoms with E-state index < -0.39 is 36.6 Å². The van der Waals surface area contributed by atoms with E-state index in [1.807, 2.05) is 48.5 Å². The lowest BCUT2D eigenvalue weighted by Gasteiger charge is -2.26. The van der Waals surface area contributed by atoms with Gasteiger partial charge in [0, 0.05) is 19.4 Å². The van der Waals surface area contributed by atoms with Crippen LogP contribution in [-0.4, -0.2) is 48.1 Å². The summed E-state index contributed by atoms with van der Waals surface area (Å²) in [6, 6.07) is 19.3. The van der Waals surface area contributed by atoms with Gasteiger partial charge in [0.15, 0.2) is 0 Å². The number of benzene rings is 3. The quantitative estimate of drug-likeness (QED) is 0.481. The number of carboxylic acids is 1. The number of fused-ring (bicyclic) bond motifs is 3. The van der Waals surface area contributed by atoms with Crippen molar-refractivity contribution in [3.8, 4) is 16.9 Å². The summed E-state index contributed by atoms with van der Waals surface area (Å²) in [5.41, 5.74) is 4.08. The molecule has 0 unspecified atom stereocenters. The van der Waals surface area contributed by atoms with Crippen LogP contribution in [0.1, 0.15) is 22.6 Å². The molecule has 0 radical (unpaired) electrons. The third-order valence-corrected chi connectivity index (χ3v) is 5.99. The van der Waals surface area contributed by atoms with Crippen molar-refractivity contribution in [2.24, 2.45) is 0 Å². The number of amides is 1. The highest BCUT2D eigenvalue weighted by atomic mass is 19.4. The predicted molar refractivity (Wildman–Crippen MR) is 121 cm³/mol. The van der Waals surface area contributed by atoms with Crippen molar-refractivity contribution in [2.75, 3.05) is 13.7 Å². The van der Waals surface area contributed by atoms with E-state index in [1.165, 1.54) is 25.2 Å². The Morgan fingerprint density at radius 1 is 0.943 bits per heavy atom. The van der Waals surface area contributed by atoms with Crippen molar-refractivity contribution in [3.05, 3.63) is 89.5 Å². The van der Waals surface area contributed by atoms with Gasteiger partial charge in [-0.25, -0.2) is 9.59 Å². The van der Waals surface area contributed by atoms with Crippen molar-refractivity contribution in [1.82, 2.24) is 4.90 Å². The normalized spacial score (nSPS) is 13.5. The Balaban J connectivity index is 1.49. The van der Waals surface area contributed by atoms with Gasteiger partial charge in [0.05, 0.1) is 0 Å². The average Bonchev–Trinajstić information content (AvgIpc) is 3.14. The summed E-state index contributed by atoms with van der Waals surface area (Å²) in [5.74, 6) is -2.13. The highest BCUT2D eigenvalue weighted by Crippen LogP contribution is 2.44. The summed E-state index contributed by atoms with van der Waals surface area (Å²) in [6.07, 6.45) is -6.23. The molecule has 0 spiro atoms. The van der Waals surface area contributed by atoms with Crippen molar-refractivity contribution >= 4 is 12.1 Å². The standard InChI is InChI=1S/C26H22F3NO5/c1-30(22(24(31)32)14-16-8-2-7-13-23(16)35-26(27,28)29)25(33)34-15-21-19-11-5-3-9-17(19)18-10-4-6-12-20(18)21/h2-13,21-22H,14-15H2,1H3,(H,31,32)/t22-/m0/s1. The Kier molecular flexibility index (Phi) is 6.68. The summed E-state index contributed by atoms with van der Waals surface area (Å²) in [6.45, 7) is -0.0166. The first-order chi connectivity index (χ1) is 16.7. The van der Waals surface area contributed by atoms with Crippen LogP contribution in [0.25, 0.3) is 11.1 Å². The van der Waals surface area contributed by atoms with Crippen LogP contribution in [0, 0.1) is 0 Å². The second-order valence-corrected chi connectivity index (χ2v) is 8.13. The van der Waals surface area contributed by atoms with Crippen molar-refractivity contribution in [2.45, 2.75) is 24.7 Å². The molecule has 4 rings (SSSR count). The summed E-state index contributed by atoms with van der Waals surface area (Å²) in [7, 11) is 1.24. The minimum atomic E-state index is -4.94. The molecule has 182 valence electrons.